The number of nitriles is 1. The molecular weight excluding hydrogens is 418 g/mol. The van der Waals surface area contributed by atoms with Crippen molar-refractivity contribution in [1.82, 2.24) is 4.90 Å². The van der Waals surface area contributed by atoms with E-state index in [1.807, 2.05) is 36.4 Å². The van der Waals surface area contributed by atoms with E-state index in [1.165, 1.54) is 0 Å². The second kappa shape index (κ2) is 8.85. The van der Waals surface area contributed by atoms with E-state index in [9.17, 15) is 9.59 Å². The van der Waals surface area contributed by atoms with Crippen LogP contribution in [0.1, 0.15) is 17.5 Å². The van der Waals surface area contributed by atoms with Gasteiger partial charge in [-0.1, -0.05) is 30.3 Å². The van der Waals surface area contributed by atoms with Crippen LogP contribution in [-0.2, 0) is 16.1 Å². The van der Waals surface area contributed by atoms with Crippen molar-refractivity contribution >= 4 is 33.4 Å². The lowest BCUT2D eigenvalue weighted by Crippen LogP contribution is -2.37. The SMILES string of the molecule is C=CCN(Cc1ccc(C#N)cc1)C(=O)C1CC(=O)N(c2ccccc2Br)C1. The average Bonchev–Trinajstić information content (AvgIpc) is 3.09. The highest BCUT2D eigenvalue weighted by Gasteiger charge is 2.37. The molecule has 28 heavy (non-hydrogen) atoms. The molecule has 5 nitrogen and oxygen atoms in total. The maximum absolute atomic E-state index is 13.1. The van der Waals surface area contributed by atoms with Crippen LogP contribution in [0.4, 0.5) is 5.69 Å². The van der Waals surface area contributed by atoms with Crippen molar-refractivity contribution in [2.75, 3.05) is 18.0 Å². The standard InChI is InChI=1S/C22H20BrN3O2/c1-2-11-25(14-17-9-7-16(13-24)8-10-17)22(28)18-12-21(27)26(15-18)20-6-4-3-5-19(20)23/h2-10,18H,1,11-12,14-15H2. The van der Waals surface area contributed by atoms with Crippen LogP contribution >= 0.6 is 15.9 Å². The molecule has 0 saturated carbocycles. The first-order valence-electron chi connectivity index (χ1n) is 8.97. The van der Waals surface area contributed by atoms with E-state index in [0.29, 0.717) is 25.2 Å². The van der Waals surface area contributed by atoms with Crippen LogP contribution in [0.5, 0.6) is 0 Å². The van der Waals surface area contributed by atoms with Crippen LogP contribution in [0.25, 0.3) is 0 Å². The molecule has 0 N–H and O–H groups in total. The highest BCUT2D eigenvalue weighted by molar-refractivity contribution is 9.10. The summed E-state index contributed by atoms with van der Waals surface area (Å²) in [6, 6.07) is 16.8. The molecule has 0 radical (unpaired) electrons. The fourth-order valence-corrected chi connectivity index (χ4v) is 3.83. The zero-order valence-corrected chi connectivity index (χ0v) is 16.9. The minimum atomic E-state index is -0.391. The topological polar surface area (TPSA) is 64.4 Å². The molecule has 0 aromatic heterocycles. The Balaban J connectivity index is 1.74. The Morgan fingerprint density at radius 1 is 1.29 bits per heavy atom. The molecule has 1 aliphatic rings. The van der Waals surface area contributed by atoms with E-state index in [2.05, 4.69) is 28.6 Å². The van der Waals surface area contributed by atoms with Gasteiger partial charge in [-0.25, -0.2) is 0 Å². The summed E-state index contributed by atoms with van der Waals surface area (Å²) in [5, 5.41) is 8.92. The average molecular weight is 438 g/mol. The molecule has 2 amide bonds. The lowest BCUT2D eigenvalue weighted by molar-refractivity contribution is -0.135. The van der Waals surface area contributed by atoms with Gasteiger partial charge >= 0.3 is 0 Å². The zero-order chi connectivity index (χ0) is 20.1. The van der Waals surface area contributed by atoms with E-state index in [1.54, 1.807) is 28.0 Å². The number of amides is 2. The Morgan fingerprint density at radius 3 is 2.64 bits per heavy atom. The summed E-state index contributed by atoms with van der Waals surface area (Å²) in [7, 11) is 0. The fraction of sp³-hybridized carbons (Fsp3) is 0.227. The van der Waals surface area contributed by atoms with Gasteiger partial charge in [0, 0.05) is 30.5 Å². The highest BCUT2D eigenvalue weighted by atomic mass is 79.9. The summed E-state index contributed by atoms with van der Waals surface area (Å²) in [5.74, 6) is -0.507. The summed E-state index contributed by atoms with van der Waals surface area (Å²) in [4.78, 5) is 29.0. The van der Waals surface area contributed by atoms with Crippen LogP contribution in [0.15, 0.2) is 65.7 Å². The third-order valence-electron chi connectivity index (χ3n) is 4.74. The van der Waals surface area contributed by atoms with Gasteiger partial charge in [-0.3, -0.25) is 9.59 Å². The molecule has 1 atom stereocenters. The molecule has 142 valence electrons. The Labute approximate surface area is 173 Å². The second-order valence-corrected chi connectivity index (χ2v) is 7.53. The van der Waals surface area contributed by atoms with Crippen molar-refractivity contribution in [2.24, 2.45) is 5.92 Å². The van der Waals surface area contributed by atoms with Gasteiger partial charge in [-0.05, 0) is 45.8 Å². The van der Waals surface area contributed by atoms with Gasteiger partial charge in [0.05, 0.1) is 23.2 Å². The van der Waals surface area contributed by atoms with Crippen molar-refractivity contribution in [3.63, 3.8) is 0 Å². The Bertz CT molecular complexity index is 934. The molecule has 6 heteroatoms. The number of hydrogen-bond donors (Lipinski definition) is 0. The quantitative estimate of drug-likeness (QED) is 0.643. The lowest BCUT2D eigenvalue weighted by atomic mass is 10.1. The van der Waals surface area contributed by atoms with E-state index in [0.717, 1.165) is 15.7 Å². The van der Waals surface area contributed by atoms with Gasteiger partial charge in [0.25, 0.3) is 0 Å². The molecule has 1 saturated heterocycles. The molecule has 1 heterocycles. The zero-order valence-electron chi connectivity index (χ0n) is 15.3. The molecule has 1 unspecified atom stereocenters. The van der Waals surface area contributed by atoms with Crippen LogP contribution in [0.2, 0.25) is 0 Å². The first-order valence-corrected chi connectivity index (χ1v) is 9.76. The van der Waals surface area contributed by atoms with Gasteiger partial charge in [0.15, 0.2) is 0 Å². The predicted molar refractivity (Wildman–Crippen MR) is 111 cm³/mol. The van der Waals surface area contributed by atoms with Crippen LogP contribution in [-0.4, -0.2) is 29.8 Å². The van der Waals surface area contributed by atoms with Gasteiger partial charge < -0.3 is 9.80 Å². The summed E-state index contributed by atoms with van der Waals surface area (Å²) in [6.07, 6.45) is 1.88. The van der Waals surface area contributed by atoms with Gasteiger partial charge in [0.1, 0.15) is 0 Å². The second-order valence-electron chi connectivity index (χ2n) is 6.67. The molecule has 0 bridgehead atoms. The lowest BCUT2D eigenvalue weighted by Gasteiger charge is -2.25. The highest BCUT2D eigenvalue weighted by Crippen LogP contribution is 2.32. The smallest absolute Gasteiger partial charge is 0.228 e. The first-order chi connectivity index (χ1) is 13.5. The molecular formula is C22H20BrN3O2. The molecule has 0 aliphatic carbocycles. The summed E-state index contributed by atoms with van der Waals surface area (Å²) >= 11 is 3.48. The van der Waals surface area contributed by atoms with Crippen molar-refractivity contribution in [3.05, 3.63) is 76.8 Å². The molecule has 3 rings (SSSR count). The number of carbonyl (C=O) groups is 2. The summed E-state index contributed by atoms with van der Waals surface area (Å²) in [5.41, 5.74) is 2.29. The number of benzene rings is 2. The number of halogens is 1. The fourth-order valence-electron chi connectivity index (χ4n) is 3.33. The molecule has 1 fully saturated rings. The summed E-state index contributed by atoms with van der Waals surface area (Å²) < 4.78 is 0.831. The number of rotatable bonds is 6. The van der Waals surface area contributed by atoms with Crippen molar-refractivity contribution in [3.8, 4) is 6.07 Å². The Hall–Kier alpha value is -2.91. The Morgan fingerprint density at radius 2 is 2.00 bits per heavy atom. The number of nitrogens with zero attached hydrogens (tertiary/aromatic N) is 3. The van der Waals surface area contributed by atoms with Gasteiger partial charge in [0.2, 0.25) is 11.8 Å². The Kier molecular flexibility index (Phi) is 6.27. The number of carbonyl (C=O) groups excluding carboxylic acids is 2. The molecule has 1 aliphatic heterocycles. The molecule has 0 spiro atoms. The van der Waals surface area contributed by atoms with Crippen LogP contribution in [0, 0.1) is 17.2 Å². The minimum absolute atomic E-state index is 0.0535. The maximum Gasteiger partial charge on any atom is 0.228 e. The van der Waals surface area contributed by atoms with E-state index < -0.39 is 5.92 Å². The third-order valence-corrected chi connectivity index (χ3v) is 5.41. The third kappa shape index (κ3) is 4.32. The van der Waals surface area contributed by atoms with Crippen molar-refractivity contribution in [1.29, 1.82) is 5.26 Å². The summed E-state index contributed by atoms with van der Waals surface area (Å²) in [6.45, 7) is 4.92. The maximum atomic E-state index is 13.1. The monoisotopic (exact) mass is 437 g/mol. The minimum Gasteiger partial charge on any atom is -0.334 e. The predicted octanol–water partition coefficient (Wildman–Crippen LogP) is 3.89. The van der Waals surface area contributed by atoms with E-state index >= 15 is 0 Å². The van der Waals surface area contributed by atoms with Crippen LogP contribution < -0.4 is 4.90 Å². The van der Waals surface area contributed by atoms with Crippen molar-refractivity contribution < 1.29 is 9.59 Å². The first kappa shape index (κ1) is 19.8. The van der Waals surface area contributed by atoms with E-state index in [4.69, 9.17) is 5.26 Å². The van der Waals surface area contributed by atoms with Crippen molar-refractivity contribution in [2.45, 2.75) is 13.0 Å². The normalized spacial score (nSPS) is 15.9. The van der Waals surface area contributed by atoms with Gasteiger partial charge in [-0.2, -0.15) is 5.26 Å². The largest absolute Gasteiger partial charge is 0.334 e. The number of hydrogen-bond acceptors (Lipinski definition) is 3. The van der Waals surface area contributed by atoms with Crippen LogP contribution in [0.3, 0.4) is 0 Å². The molecule has 2 aromatic rings. The number of para-hydroxylation sites is 1. The molecule has 2 aromatic carbocycles. The number of anilines is 1. The van der Waals surface area contributed by atoms with E-state index in [-0.39, 0.29) is 18.2 Å². The van der Waals surface area contributed by atoms with Gasteiger partial charge in [-0.15, -0.1) is 6.58 Å².